The van der Waals surface area contributed by atoms with Gasteiger partial charge in [0.05, 0.1) is 10.6 Å². The van der Waals surface area contributed by atoms with Crippen molar-refractivity contribution in [2.75, 3.05) is 0 Å². The van der Waals surface area contributed by atoms with E-state index in [1.165, 1.54) is 48.5 Å². The van der Waals surface area contributed by atoms with Crippen molar-refractivity contribution >= 4 is 21.5 Å². The summed E-state index contributed by atoms with van der Waals surface area (Å²) in [4.78, 5) is -0.0235. The zero-order valence-corrected chi connectivity index (χ0v) is 12.5. The first kappa shape index (κ1) is 15.5. The molecule has 1 heterocycles. The number of aliphatic hydroxyl groups is 1. The van der Waals surface area contributed by atoms with Gasteiger partial charge in [-0.2, -0.15) is 0 Å². The standard InChI is InChI=1S/C15H13FN2O4S/c16-11-5-1-10(2-6-11)14-13(18-15(19)22-14)9-3-7-12(8-4-9)23(17,20)21/h1-8,15,18-19H,(H2,17,20,21). The highest BCUT2D eigenvalue weighted by Crippen LogP contribution is 2.31. The molecule has 0 aliphatic carbocycles. The second kappa shape index (κ2) is 5.65. The monoisotopic (exact) mass is 336 g/mol. The van der Waals surface area contributed by atoms with E-state index < -0.39 is 16.4 Å². The van der Waals surface area contributed by atoms with Gasteiger partial charge >= 0.3 is 0 Å². The van der Waals surface area contributed by atoms with Gasteiger partial charge < -0.3 is 15.2 Å². The lowest BCUT2D eigenvalue weighted by atomic mass is 10.1. The summed E-state index contributed by atoms with van der Waals surface area (Å²) in [5.41, 5.74) is 1.62. The van der Waals surface area contributed by atoms with Crippen LogP contribution in [0.15, 0.2) is 53.4 Å². The van der Waals surface area contributed by atoms with Crippen LogP contribution in [-0.4, -0.2) is 19.9 Å². The molecule has 2 aromatic rings. The number of halogens is 1. The van der Waals surface area contributed by atoms with Gasteiger partial charge in [0.2, 0.25) is 10.0 Å². The van der Waals surface area contributed by atoms with Crippen LogP contribution in [0.1, 0.15) is 11.1 Å². The second-order valence-corrected chi connectivity index (χ2v) is 6.46. The summed E-state index contributed by atoms with van der Waals surface area (Å²) in [5.74, 6) is -0.0548. The third kappa shape index (κ3) is 3.19. The molecule has 1 unspecified atom stereocenters. The van der Waals surface area contributed by atoms with Crippen LogP contribution >= 0.6 is 0 Å². The number of primary sulfonamides is 1. The molecule has 1 aliphatic heterocycles. The van der Waals surface area contributed by atoms with E-state index in [4.69, 9.17) is 9.88 Å². The molecule has 0 spiro atoms. The highest BCUT2D eigenvalue weighted by Gasteiger charge is 2.25. The van der Waals surface area contributed by atoms with Gasteiger partial charge in [-0.1, -0.05) is 12.1 Å². The van der Waals surface area contributed by atoms with Crippen LogP contribution in [-0.2, 0) is 14.8 Å². The molecule has 4 N–H and O–H groups in total. The summed E-state index contributed by atoms with van der Waals surface area (Å²) >= 11 is 0. The maximum absolute atomic E-state index is 13.0. The smallest absolute Gasteiger partial charge is 0.279 e. The number of ether oxygens (including phenoxy) is 1. The van der Waals surface area contributed by atoms with Crippen LogP contribution in [0.2, 0.25) is 0 Å². The van der Waals surface area contributed by atoms with E-state index in [0.717, 1.165) is 0 Å². The predicted octanol–water partition coefficient (Wildman–Crippen LogP) is 1.19. The molecule has 0 saturated heterocycles. The predicted molar refractivity (Wildman–Crippen MR) is 81.3 cm³/mol. The van der Waals surface area contributed by atoms with Gasteiger partial charge in [0.15, 0.2) is 5.76 Å². The number of nitrogens with two attached hydrogens (primary N) is 1. The molecule has 0 amide bonds. The summed E-state index contributed by atoms with van der Waals surface area (Å²) in [6.45, 7) is 0. The van der Waals surface area contributed by atoms with E-state index >= 15 is 0 Å². The van der Waals surface area contributed by atoms with Gasteiger partial charge in [0.1, 0.15) is 5.82 Å². The van der Waals surface area contributed by atoms with E-state index in [1.54, 1.807) is 0 Å². The number of hydrogen-bond donors (Lipinski definition) is 3. The largest absolute Gasteiger partial charge is 0.444 e. The first-order valence-electron chi connectivity index (χ1n) is 6.59. The van der Waals surface area contributed by atoms with Crippen molar-refractivity contribution in [1.29, 1.82) is 0 Å². The number of sulfonamides is 1. The maximum atomic E-state index is 13.0. The summed E-state index contributed by atoms with van der Waals surface area (Å²) in [5, 5.41) is 17.5. The van der Waals surface area contributed by atoms with Crippen LogP contribution in [0, 0.1) is 5.82 Å². The summed E-state index contributed by atoms with van der Waals surface area (Å²) in [6.07, 6.45) is -1.25. The average Bonchev–Trinajstić information content (AvgIpc) is 2.89. The maximum Gasteiger partial charge on any atom is 0.279 e. The minimum atomic E-state index is -3.78. The van der Waals surface area contributed by atoms with Crippen molar-refractivity contribution in [2.24, 2.45) is 5.14 Å². The molecule has 1 aliphatic rings. The van der Waals surface area contributed by atoms with E-state index in [0.29, 0.717) is 22.6 Å². The highest BCUT2D eigenvalue weighted by atomic mass is 32.2. The van der Waals surface area contributed by atoms with E-state index in [1.807, 2.05) is 0 Å². The Balaban J connectivity index is 2.04. The molecule has 0 aromatic heterocycles. The van der Waals surface area contributed by atoms with Crippen LogP contribution < -0.4 is 10.5 Å². The van der Waals surface area contributed by atoms with Crippen molar-refractivity contribution in [2.45, 2.75) is 11.3 Å². The summed E-state index contributed by atoms with van der Waals surface area (Å²) in [7, 11) is -3.78. The second-order valence-electron chi connectivity index (χ2n) is 4.89. The number of rotatable bonds is 3. The number of hydrogen-bond acceptors (Lipinski definition) is 5. The molecular weight excluding hydrogens is 323 g/mol. The molecular formula is C15H13FN2O4S. The first-order valence-corrected chi connectivity index (χ1v) is 8.14. The Labute approximate surface area is 132 Å². The van der Waals surface area contributed by atoms with Crippen molar-refractivity contribution in [1.82, 2.24) is 5.32 Å². The Morgan fingerprint density at radius 1 is 1.04 bits per heavy atom. The Bertz CT molecular complexity index is 861. The third-order valence-corrected chi connectivity index (χ3v) is 4.23. The fraction of sp³-hybridized carbons (Fsp3) is 0.0667. The van der Waals surface area contributed by atoms with Crippen LogP contribution in [0.5, 0.6) is 0 Å². The van der Waals surface area contributed by atoms with E-state index in [-0.39, 0.29) is 10.7 Å². The Kier molecular flexibility index (Phi) is 3.80. The molecule has 0 fully saturated rings. The molecule has 23 heavy (non-hydrogen) atoms. The quantitative estimate of drug-likeness (QED) is 0.782. The first-order chi connectivity index (χ1) is 10.8. The summed E-state index contributed by atoms with van der Waals surface area (Å²) < 4.78 is 40.9. The minimum Gasteiger partial charge on any atom is -0.444 e. The zero-order valence-electron chi connectivity index (χ0n) is 11.7. The fourth-order valence-corrected chi connectivity index (χ4v) is 2.74. The van der Waals surface area contributed by atoms with Crippen LogP contribution in [0.25, 0.3) is 11.5 Å². The molecule has 0 saturated carbocycles. The zero-order chi connectivity index (χ0) is 16.6. The molecule has 6 nitrogen and oxygen atoms in total. The lowest BCUT2D eigenvalue weighted by molar-refractivity contribution is -0.0383. The van der Waals surface area contributed by atoms with Gasteiger partial charge in [0, 0.05) is 11.1 Å². The van der Waals surface area contributed by atoms with Gasteiger partial charge in [-0.3, -0.25) is 0 Å². The molecule has 1 atom stereocenters. The van der Waals surface area contributed by atoms with Gasteiger partial charge in [-0.25, -0.2) is 17.9 Å². The van der Waals surface area contributed by atoms with Crippen molar-refractivity contribution in [3.63, 3.8) is 0 Å². The normalized spacial score (nSPS) is 17.8. The number of aliphatic hydroxyl groups excluding tert-OH is 1. The topological polar surface area (TPSA) is 102 Å². The molecule has 3 rings (SSSR count). The lowest BCUT2D eigenvalue weighted by Gasteiger charge is -2.06. The van der Waals surface area contributed by atoms with Crippen molar-refractivity contribution in [3.8, 4) is 0 Å². The Morgan fingerprint density at radius 2 is 1.61 bits per heavy atom. The Morgan fingerprint density at radius 3 is 2.17 bits per heavy atom. The number of nitrogens with one attached hydrogen (secondary N) is 1. The summed E-state index contributed by atoms with van der Waals surface area (Å²) in [6, 6.07) is 11.4. The van der Waals surface area contributed by atoms with Crippen LogP contribution in [0.3, 0.4) is 0 Å². The van der Waals surface area contributed by atoms with Gasteiger partial charge in [0.25, 0.3) is 6.41 Å². The lowest BCUT2D eigenvalue weighted by Crippen LogP contribution is -2.22. The molecule has 8 heteroatoms. The van der Waals surface area contributed by atoms with E-state index in [9.17, 15) is 17.9 Å². The number of benzene rings is 2. The van der Waals surface area contributed by atoms with Crippen molar-refractivity contribution < 1.29 is 22.7 Å². The SMILES string of the molecule is NS(=O)(=O)c1ccc(C2=C(c3ccc(F)cc3)OC(O)N2)cc1. The third-order valence-electron chi connectivity index (χ3n) is 3.30. The van der Waals surface area contributed by atoms with Gasteiger partial charge in [-0.15, -0.1) is 0 Å². The Hall–Kier alpha value is -2.42. The van der Waals surface area contributed by atoms with Crippen molar-refractivity contribution in [3.05, 3.63) is 65.5 Å². The molecule has 0 bridgehead atoms. The molecule has 2 aromatic carbocycles. The highest BCUT2D eigenvalue weighted by molar-refractivity contribution is 7.89. The van der Waals surface area contributed by atoms with Crippen LogP contribution in [0.4, 0.5) is 4.39 Å². The van der Waals surface area contributed by atoms with Gasteiger partial charge in [-0.05, 0) is 36.4 Å². The fourth-order valence-electron chi connectivity index (χ4n) is 2.23. The van der Waals surface area contributed by atoms with E-state index in [2.05, 4.69) is 5.32 Å². The molecule has 0 radical (unpaired) electrons. The molecule has 120 valence electrons. The average molecular weight is 336 g/mol. The minimum absolute atomic E-state index is 0.0235.